The third-order valence-electron chi connectivity index (χ3n) is 1.08. The summed E-state index contributed by atoms with van der Waals surface area (Å²) in [4.78, 5) is 0. The molecule has 11 heteroatoms. The lowest BCUT2D eigenvalue weighted by Gasteiger charge is -2.20. The summed E-state index contributed by atoms with van der Waals surface area (Å²) in [7, 11) is -5.99. The van der Waals surface area contributed by atoms with Gasteiger partial charge in [0.2, 0.25) is 0 Å². The summed E-state index contributed by atoms with van der Waals surface area (Å²) in [5.41, 5.74) is 0. The third kappa shape index (κ3) is 3.15. The van der Waals surface area contributed by atoms with Crippen LogP contribution in [0.5, 0.6) is 0 Å². The van der Waals surface area contributed by atoms with Crippen LogP contribution in [0.4, 0.5) is 0 Å². The maximum Gasteiger partial charge on any atom is 0.612 e. The molecule has 0 aromatic rings. The average molecular weight is 173 g/mol. The van der Waals surface area contributed by atoms with Gasteiger partial charge in [-0.05, 0) is 6.82 Å². The van der Waals surface area contributed by atoms with Crippen LogP contribution in [-0.2, 0) is 18.3 Å². The Labute approximate surface area is 70.2 Å². The first-order chi connectivity index (χ1) is 5.58. The fourth-order valence-corrected chi connectivity index (χ4v) is 0.655. The van der Waals surface area contributed by atoms with Crippen molar-refractivity contribution >= 4 is 29.1 Å². The van der Waals surface area contributed by atoms with Crippen LogP contribution in [0, 0.1) is 0 Å². The van der Waals surface area contributed by atoms with Crippen LogP contribution in [0.25, 0.3) is 0 Å². The van der Waals surface area contributed by atoms with Crippen molar-refractivity contribution in [2.75, 3.05) is 0 Å². The van der Waals surface area contributed by atoms with E-state index in [9.17, 15) is 0 Å². The van der Waals surface area contributed by atoms with Gasteiger partial charge in [-0.3, -0.25) is 0 Å². The lowest BCUT2D eigenvalue weighted by Crippen LogP contribution is -2.48. The largest absolute Gasteiger partial charge is 0.612 e. The molecule has 0 aromatic carbocycles. The van der Waals surface area contributed by atoms with E-state index in [0.717, 1.165) is 0 Å². The molecule has 0 radical (unpaired) electrons. The first-order valence-corrected chi connectivity index (χ1v) is 3.24. The Kier molecular flexibility index (Phi) is 3.59. The maximum atomic E-state index is 8.80. The Balaban J connectivity index is 2.45. The molecular weight excluding hydrogens is 167 g/mol. The van der Waals surface area contributed by atoms with Crippen LogP contribution in [0.1, 0.15) is 0 Å². The van der Waals surface area contributed by atoms with E-state index in [4.69, 9.17) is 15.1 Å². The quantitative estimate of drug-likeness (QED) is 0.338. The Morgan fingerprint density at radius 2 is 1.08 bits per heavy atom. The van der Waals surface area contributed by atoms with Gasteiger partial charge < -0.3 is 33.4 Å². The van der Waals surface area contributed by atoms with Gasteiger partial charge >= 0.3 is 29.1 Å². The van der Waals surface area contributed by atoms with Crippen molar-refractivity contribution in [1.29, 1.82) is 0 Å². The SMILES string of the molecule is CB1OB(O)OB(O)OB(O)O1. The highest BCUT2D eigenvalue weighted by Crippen LogP contribution is 2.02. The zero-order valence-electron chi connectivity index (χ0n) is 6.28. The minimum Gasteiger partial charge on any atom is -0.427 e. The Hall–Kier alpha value is -0.0203. The zero-order chi connectivity index (χ0) is 9.14. The van der Waals surface area contributed by atoms with Gasteiger partial charge in [0, 0.05) is 0 Å². The van der Waals surface area contributed by atoms with Gasteiger partial charge in [-0.25, -0.2) is 0 Å². The Bertz CT molecular complexity index is 103. The monoisotopic (exact) mass is 174 g/mol. The third-order valence-corrected chi connectivity index (χ3v) is 1.08. The molecule has 7 nitrogen and oxygen atoms in total. The summed E-state index contributed by atoms with van der Waals surface area (Å²) >= 11 is 0. The fourth-order valence-electron chi connectivity index (χ4n) is 0.655. The molecule has 3 N–H and O–H groups in total. The second-order valence-corrected chi connectivity index (χ2v) is 2.03. The predicted octanol–water partition coefficient (Wildman–Crippen LogP) is -2.88. The van der Waals surface area contributed by atoms with E-state index in [-0.39, 0.29) is 0 Å². The summed E-state index contributed by atoms with van der Waals surface area (Å²) in [6.45, 7) is 1.41. The number of hydrogen-bond acceptors (Lipinski definition) is 7. The molecule has 0 spiro atoms. The van der Waals surface area contributed by atoms with Gasteiger partial charge in [0.05, 0.1) is 0 Å². The first kappa shape index (κ1) is 10.1. The van der Waals surface area contributed by atoms with Crippen LogP contribution >= 0.6 is 0 Å². The van der Waals surface area contributed by atoms with Crippen molar-refractivity contribution in [2.24, 2.45) is 0 Å². The van der Waals surface area contributed by atoms with Crippen molar-refractivity contribution in [2.45, 2.75) is 6.82 Å². The number of rotatable bonds is 0. The smallest absolute Gasteiger partial charge is 0.427 e. The van der Waals surface area contributed by atoms with E-state index in [1.54, 1.807) is 0 Å². The lowest BCUT2D eigenvalue weighted by molar-refractivity contribution is 0.159. The van der Waals surface area contributed by atoms with E-state index in [0.29, 0.717) is 0 Å². The van der Waals surface area contributed by atoms with Gasteiger partial charge in [0.15, 0.2) is 0 Å². The molecule has 0 aliphatic carbocycles. The molecule has 1 aliphatic rings. The van der Waals surface area contributed by atoms with E-state index in [1.807, 2.05) is 0 Å². The molecule has 1 heterocycles. The van der Waals surface area contributed by atoms with Crippen LogP contribution in [0.3, 0.4) is 0 Å². The van der Waals surface area contributed by atoms with Crippen LogP contribution in [-0.4, -0.2) is 44.2 Å². The minimum absolute atomic E-state index is 0.900. The molecule has 0 saturated carbocycles. The maximum absolute atomic E-state index is 8.80. The summed E-state index contributed by atoms with van der Waals surface area (Å²) in [6, 6.07) is 0. The van der Waals surface area contributed by atoms with Crippen molar-refractivity contribution in [3.63, 3.8) is 0 Å². The highest BCUT2D eigenvalue weighted by atomic mass is 16.8. The molecule has 0 aromatic heterocycles. The molecule has 1 saturated heterocycles. The molecule has 64 valence electrons. The molecule has 0 bridgehead atoms. The van der Waals surface area contributed by atoms with Gasteiger partial charge in [0.25, 0.3) is 0 Å². The topological polar surface area (TPSA) is 97.6 Å². The van der Waals surface area contributed by atoms with Crippen molar-refractivity contribution in [1.82, 2.24) is 0 Å². The molecule has 0 amide bonds. The van der Waals surface area contributed by atoms with Gasteiger partial charge in [-0.2, -0.15) is 0 Å². The molecule has 1 aliphatic heterocycles. The molecule has 0 atom stereocenters. The Morgan fingerprint density at radius 1 is 0.750 bits per heavy atom. The highest BCUT2D eigenvalue weighted by molar-refractivity contribution is 6.67. The molecule has 1 fully saturated rings. The molecular formula is CH6B4O7. The molecule has 1 rings (SSSR count). The molecule has 0 unspecified atom stereocenters. The summed E-state index contributed by atoms with van der Waals surface area (Å²) in [5, 5.41) is 26.3. The van der Waals surface area contributed by atoms with E-state index < -0.39 is 29.1 Å². The second kappa shape index (κ2) is 4.28. The van der Waals surface area contributed by atoms with Crippen LogP contribution in [0.15, 0.2) is 0 Å². The van der Waals surface area contributed by atoms with E-state index >= 15 is 0 Å². The van der Waals surface area contributed by atoms with Crippen molar-refractivity contribution < 1.29 is 33.4 Å². The van der Waals surface area contributed by atoms with Gasteiger partial charge in [-0.15, -0.1) is 0 Å². The zero-order valence-corrected chi connectivity index (χ0v) is 6.28. The van der Waals surface area contributed by atoms with E-state index in [1.165, 1.54) is 6.82 Å². The predicted molar refractivity (Wildman–Crippen MR) is 39.9 cm³/mol. The standard InChI is InChI=1S/CH6B4O7/c1-2-9-3(6)11-5(8)12-4(7)10-2/h6-8H,1H3. The van der Waals surface area contributed by atoms with Crippen molar-refractivity contribution in [3.8, 4) is 0 Å². The summed E-state index contributed by atoms with van der Waals surface area (Å²) in [6.07, 6.45) is 0. The normalized spacial score (nSPS) is 21.0. The second-order valence-electron chi connectivity index (χ2n) is 2.03. The van der Waals surface area contributed by atoms with Crippen LogP contribution in [0.2, 0.25) is 6.82 Å². The first-order valence-electron chi connectivity index (χ1n) is 3.24. The average Bonchev–Trinajstić information content (AvgIpc) is 1.81. The Morgan fingerprint density at radius 3 is 1.50 bits per heavy atom. The summed E-state index contributed by atoms with van der Waals surface area (Å²) < 4.78 is 17.6. The minimum atomic E-state index is -1.79. The van der Waals surface area contributed by atoms with Crippen molar-refractivity contribution in [3.05, 3.63) is 0 Å². The number of hydrogen-bond donors (Lipinski definition) is 3. The highest BCUT2D eigenvalue weighted by Gasteiger charge is 2.38. The van der Waals surface area contributed by atoms with Crippen LogP contribution < -0.4 is 0 Å². The summed E-state index contributed by atoms with van der Waals surface area (Å²) in [5.74, 6) is 0. The fraction of sp³-hybridized carbons (Fsp3) is 1.00. The van der Waals surface area contributed by atoms with Gasteiger partial charge in [-0.1, -0.05) is 0 Å². The van der Waals surface area contributed by atoms with Gasteiger partial charge in [0.1, 0.15) is 0 Å². The lowest BCUT2D eigenvalue weighted by atomic mass is 9.87. The molecule has 12 heavy (non-hydrogen) atoms. The van der Waals surface area contributed by atoms with E-state index in [2.05, 4.69) is 18.3 Å².